The fourth-order valence-corrected chi connectivity index (χ4v) is 2.43. The molecule has 92 valence electrons. The van der Waals surface area contributed by atoms with Gasteiger partial charge in [0.05, 0.1) is 11.5 Å². The molecule has 1 heterocycles. The second-order valence-electron chi connectivity index (χ2n) is 5.25. The van der Waals surface area contributed by atoms with Crippen LogP contribution < -0.4 is 0 Å². The van der Waals surface area contributed by atoms with E-state index in [-0.39, 0.29) is 5.41 Å². The Morgan fingerprint density at radius 2 is 2.24 bits per heavy atom. The summed E-state index contributed by atoms with van der Waals surface area (Å²) < 4.78 is 5.54. The van der Waals surface area contributed by atoms with Gasteiger partial charge in [0.25, 0.3) is 0 Å². The van der Waals surface area contributed by atoms with Crippen molar-refractivity contribution in [2.45, 2.75) is 32.6 Å². The van der Waals surface area contributed by atoms with Gasteiger partial charge in [-0.1, -0.05) is 6.42 Å². The summed E-state index contributed by atoms with van der Waals surface area (Å²) in [5.74, 6) is 2.00. The van der Waals surface area contributed by atoms with Gasteiger partial charge in [-0.05, 0) is 38.9 Å². The summed E-state index contributed by atoms with van der Waals surface area (Å²) in [4.78, 5) is 2.25. The molecule has 0 radical (unpaired) electrons. The van der Waals surface area contributed by atoms with Crippen molar-refractivity contribution in [3.63, 3.8) is 0 Å². The van der Waals surface area contributed by atoms with E-state index in [4.69, 9.17) is 4.42 Å². The first-order valence-electron chi connectivity index (χ1n) is 6.29. The molecule has 3 heteroatoms. The number of furan rings is 1. The summed E-state index contributed by atoms with van der Waals surface area (Å²) in [6, 6.07) is 6.52. The highest BCUT2D eigenvalue weighted by molar-refractivity contribution is 5.07. The third kappa shape index (κ3) is 2.89. The molecule has 1 aliphatic rings. The minimum Gasteiger partial charge on any atom is -0.466 e. The molecule has 1 aromatic rings. The molecular weight excluding hydrogens is 212 g/mol. The highest BCUT2D eigenvalue weighted by Gasteiger charge is 2.37. The van der Waals surface area contributed by atoms with Gasteiger partial charge in [-0.15, -0.1) is 0 Å². The van der Waals surface area contributed by atoms with Crippen LogP contribution in [0.1, 0.15) is 30.8 Å². The molecule has 0 aliphatic heterocycles. The SMILES string of the molecule is Cc1ccc(CCN(C)CC2(C#N)CCC2)o1. The van der Waals surface area contributed by atoms with Gasteiger partial charge < -0.3 is 9.32 Å². The van der Waals surface area contributed by atoms with Crippen LogP contribution in [0, 0.1) is 23.7 Å². The molecule has 1 saturated carbocycles. The summed E-state index contributed by atoms with van der Waals surface area (Å²) in [7, 11) is 2.09. The number of nitrogens with zero attached hydrogens (tertiary/aromatic N) is 2. The first kappa shape index (κ1) is 12.2. The first-order chi connectivity index (χ1) is 8.13. The Morgan fingerprint density at radius 3 is 2.71 bits per heavy atom. The van der Waals surface area contributed by atoms with Crippen molar-refractivity contribution in [2.24, 2.45) is 5.41 Å². The van der Waals surface area contributed by atoms with Gasteiger partial charge in [0, 0.05) is 19.5 Å². The van der Waals surface area contributed by atoms with Crippen LogP contribution in [0.15, 0.2) is 16.5 Å². The van der Waals surface area contributed by atoms with E-state index in [9.17, 15) is 5.26 Å². The lowest BCUT2D eigenvalue weighted by atomic mass is 9.69. The van der Waals surface area contributed by atoms with Crippen LogP contribution in [-0.2, 0) is 6.42 Å². The van der Waals surface area contributed by atoms with Crippen molar-refractivity contribution in [1.82, 2.24) is 4.90 Å². The van der Waals surface area contributed by atoms with Gasteiger partial charge in [-0.2, -0.15) is 5.26 Å². The second-order valence-corrected chi connectivity index (χ2v) is 5.25. The van der Waals surface area contributed by atoms with E-state index in [2.05, 4.69) is 18.0 Å². The van der Waals surface area contributed by atoms with E-state index >= 15 is 0 Å². The molecule has 0 unspecified atom stereocenters. The molecule has 0 atom stereocenters. The maximum atomic E-state index is 9.18. The lowest BCUT2D eigenvalue weighted by Crippen LogP contribution is -2.40. The maximum absolute atomic E-state index is 9.18. The summed E-state index contributed by atoms with van der Waals surface area (Å²) in [6.07, 6.45) is 4.26. The third-order valence-electron chi connectivity index (χ3n) is 3.66. The number of likely N-dealkylation sites (N-methyl/N-ethyl adjacent to an activating group) is 1. The Labute approximate surface area is 103 Å². The molecule has 2 rings (SSSR count). The zero-order chi connectivity index (χ0) is 12.3. The van der Waals surface area contributed by atoms with Gasteiger partial charge >= 0.3 is 0 Å². The number of hydrogen-bond donors (Lipinski definition) is 0. The van der Waals surface area contributed by atoms with Crippen molar-refractivity contribution in [3.8, 4) is 6.07 Å². The smallest absolute Gasteiger partial charge is 0.105 e. The van der Waals surface area contributed by atoms with Crippen LogP contribution in [0.2, 0.25) is 0 Å². The first-order valence-corrected chi connectivity index (χ1v) is 6.29. The Balaban J connectivity index is 1.78. The lowest BCUT2D eigenvalue weighted by molar-refractivity contribution is 0.138. The van der Waals surface area contributed by atoms with Gasteiger partial charge in [0.2, 0.25) is 0 Å². The van der Waals surface area contributed by atoms with E-state index in [0.29, 0.717) is 0 Å². The van der Waals surface area contributed by atoms with Gasteiger partial charge in [0.1, 0.15) is 11.5 Å². The van der Waals surface area contributed by atoms with E-state index in [1.54, 1.807) is 0 Å². The normalized spacial score (nSPS) is 17.8. The van der Waals surface area contributed by atoms with Crippen molar-refractivity contribution in [1.29, 1.82) is 5.26 Å². The molecule has 0 amide bonds. The number of rotatable bonds is 5. The predicted octanol–water partition coefficient (Wildman–Crippen LogP) is 2.76. The van der Waals surface area contributed by atoms with Crippen LogP contribution in [0.25, 0.3) is 0 Å². The van der Waals surface area contributed by atoms with Crippen molar-refractivity contribution in [3.05, 3.63) is 23.7 Å². The monoisotopic (exact) mass is 232 g/mol. The molecule has 17 heavy (non-hydrogen) atoms. The molecular formula is C14H20N2O. The van der Waals surface area contributed by atoms with Crippen LogP contribution in [0.4, 0.5) is 0 Å². The minimum atomic E-state index is -0.0617. The van der Waals surface area contributed by atoms with Crippen molar-refractivity contribution in [2.75, 3.05) is 20.1 Å². The highest BCUT2D eigenvalue weighted by atomic mass is 16.3. The average Bonchev–Trinajstić information content (AvgIpc) is 2.67. The molecule has 0 spiro atoms. The Kier molecular flexibility index (Phi) is 3.54. The molecule has 0 aromatic carbocycles. The zero-order valence-electron chi connectivity index (χ0n) is 10.7. The van der Waals surface area contributed by atoms with Crippen molar-refractivity contribution < 1.29 is 4.42 Å². The fraction of sp³-hybridized carbons (Fsp3) is 0.643. The largest absolute Gasteiger partial charge is 0.466 e. The van der Waals surface area contributed by atoms with Gasteiger partial charge in [0.15, 0.2) is 0 Å². The van der Waals surface area contributed by atoms with E-state index in [0.717, 1.165) is 43.9 Å². The maximum Gasteiger partial charge on any atom is 0.105 e. The van der Waals surface area contributed by atoms with E-state index < -0.39 is 0 Å². The third-order valence-corrected chi connectivity index (χ3v) is 3.66. The predicted molar refractivity (Wildman–Crippen MR) is 66.5 cm³/mol. The van der Waals surface area contributed by atoms with Gasteiger partial charge in [-0.25, -0.2) is 0 Å². The lowest BCUT2D eigenvalue weighted by Gasteiger charge is -2.38. The van der Waals surface area contributed by atoms with Crippen LogP contribution in [0.5, 0.6) is 0 Å². The molecule has 1 aliphatic carbocycles. The summed E-state index contributed by atoms with van der Waals surface area (Å²) in [6.45, 7) is 3.81. The molecule has 0 bridgehead atoms. The van der Waals surface area contributed by atoms with E-state index in [1.807, 2.05) is 19.1 Å². The summed E-state index contributed by atoms with van der Waals surface area (Å²) in [5.41, 5.74) is -0.0617. The Hall–Kier alpha value is -1.27. The van der Waals surface area contributed by atoms with Crippen LogP contribution >= 0.6 is 0 Å². The molecule has 0 saturated heterocycles. The van der Waals surface area contributed by atoms with Crippen molar-refractivity contribution >= 4 is 0 Å². The number of hydrogen-bond acceptors (Lipinski definition) is 3. The van der Waals surface area contributed by atoms with Crippen LogP contribution in [-0.4, -0.2) is 25.0 Å². The highest BCUT2D eigenvalue weighted by Crippen LogP contribution is 2.40. The minimum absolute atomic E-state index is 0.0617. The molecule has 1 aromatic heterocycles. The zero-order valence-corrected chi connectivity index (χ0v) is 10.7. The second kappa shape index (κ2) is 4.93. The fourth-order valence-electron chi connectivity index (χ4n) is 2.43. The van der Waals surface area contributed by atoms with Gasteiger partial charge in [-0.3, -0.25) is 0 Å². The summed E-state index contributed by atoms with van der Waals surface area (Å²) >= 11 is 0. The molecule has 3 nitrogen and oxygen atoms in total. The molecule has 0 N–H and O–H groups in total. The topological polar surface area (TPSA) is 40.2 Å². The summed E-state index contributed by atoms with van der Waals surface area (Å²) in [5, 5.41) is 9.18. The molecule has 1 fully saturated rings. The number of aryl methyl sites for hydroxylation is 1. The number of nitriles is 1. The van der Waals surface area contributed by atoms with E-state index in [1.165, 1.54) is 6.42 Å². The average molecular weight is 232 g/mol. The Morgan fingerprint density at radius 1 is 1.47 bits per heavy atom. The Bertz CT molecular complexity index is 412. The standard InChI is InChI=1S/C14H20N2O/c1-12-4-5-13(17-12)6-9-16(2)11-14(10-15)7-3-8-14/h4-5H,3,6-9,11H2,1-2H3. The van der Waals surface area contributed by atoms with Crippen LogP contribution in [0.3, 0.4) is 0 Å². The quantitative estimate of drug-likeness (QED) is 0.783.